The lowest BCUT2D eigenvalue weighted by Gasteiger charge is -2.08. The first kappa shape index (κ1) is 17.0. The van der Waals surface area contributed by atoms with E-state index in [4.69, 9.17) is 9.47 Å². The average Bonchev–Trinajstić information content (AvgIpc) is 3.17. The van der Waals surface area contributed by atoms with Crippen LogP contribution in [-0.4, -0.2) is 33.8 Å². The van der Waals surface area contributed by atoms with Gasteiger partial charge in [-0.3, -0.25) is 5.10 Å². The number of rotatable bonds is 4. The van der Waals surface area contributed by atoms with Gasteiger partial charge >= 0.3 is 6.18 Å². The molecule has 4 aromatic rings. The van der Waals surface area contributed by atoms with Crippen LogP contribution in [0.5, 0.6) is 11.5 Å². The highest BCUT2D eigenvalue weighted by Crippen LogP contribution is 2.33. The second-order valence-electron chi connectivity index (χ2n) is 5.72. The molecular formula is C17H14F3N5O2. The molecule has 0 spiro atoms. The van der Waals surface area contributed by atoms with E-state index in [1.54, 1.807) is 16.6 Å². The average molecular weight is 377 g/mol. The number of hydrogen-bond acceptors (Lipinski definition) is 5. The maximum Gasteiger partial charge on any atom is 0.416 e. The number of aromatic amines is 1. The van der Waals surface area contributed by atoms with Gasteiger partial charge in [0.25, 0.3) is 5.78 Å². The molecule has 0 unspecified atom stereocenters. The molecule has 0 aliphatic carbocycles. The number of aromatic nitrogens is 4. The Kier molecular flexibility index (Phi) is 3.83. The van der Waals surface area contributed by atoms with Crippen LogP contribution in [0.1, 0.15) is 5.56 Å². The predicted octanol–water partition coefficient (Wildman–Crippen LogP) is 3.99. The monoisotopic (exact) mass is 377 g/mol. The third-order valence-electron chi connectivity index (χ3n) is 4.05. The third kappa shape index (κ3) is 2.98. The lowest BCUT2D eigenvalue weighted by atomic mass is 10.2. The molecule has 0 bridgehead atoms. The van der Waals surface area contributed by atoms with E-state index in [-0.39, 0.29) is 0 Å². The molecule has 2 aromatic carbocycles. The van der Waals surface area contributed by atoms with E-state index in [9.17, 15) is 13.2 Å². The Balaban J connectivity index is 1.67. The van der Waals surface area contributed by atoms with Gasteiger partial charge in [0.15, 0.2) is 11.5 Å². The summed E-state index contributed by atoms with van der Waals surface area (Å²) in [4.78, 5) is 8.71. The zero-order valence-corrected chi connectivity index (χ0v) is 14.3. The first-order chi connectivity index (χ1) is 12.9. The highest BCUT2D eigenvalue weighted by Gasteiger charge is 2.30. The van der Waals surface area contributed by atoms with Crippen molar-refractivity contribution < 1.29 is 22.6 Å². The fraction of sp³-hybridized carbons (Fsp3) is 0.176. The van der Waals surface area contributed by atoms with E-state index in [0.717, 1.165) is 17.6 Å². The number of imidazole rings is 1. The number of alkyl halides is 3. The quantitative estimate of drug-likeness (QED) is 0.562. The van der Waals surface area contributed by atoms with Crippen LogP contribution in [0, 0.1) is 0 Å². The van der Waals surface area contributed by atoms with Crippen LogP contribution in [0.15, 0.2) is 36.4 Å². The van der Waals surface area contributed by atoms with Gasteiger partial charge in [0.1, 0.15) is 0 Å². The maximum atomic E-state index is 12.6. The Bertz CT molecular complexity index is 1120. The summed E-state index contributed by atoms with van der Waals surface area (Å²) in [6, 6.07) is 8.17. The fourth-order valence-corrected chi connectivity index (χ4v) is 2.74. The van der Waals surface area contributed by atoms with Gasteiger partial charge < -0.3 is 14.8 Å². The molecule has 0 saturated heterocycles. The Labute approximate surface area is 150 Å². The van der Waals surface area contributed by atoms with Crippen LogP contribution >= 0.6 is 0 Å². The van der Waals surface area contributed by atoms with Gasteiger partial charge in [0.05, 0.1) is 30.8 Å². The van der Waals surface area contributed by atoms with Crippen LogP contribution in [0.4, 0.5) is 24.8 Å². The standard InChI is InChI=1S/C17H14F3N5O2/c1-26-13-7-11-12(8-14(13)27-2)25-16(22-11)23-15(24-25)21-10-5-3-9(4-6-10)17(18,19)20/h3-8H,1-2H3,(H2,21,22,23,24). The molecule has 0 atom stereocenters. The molecular weight excluding hydrogens is 363 g/mol. The SMILES string of the molecule is COc1cc2nc3nc(Nc4ccc(C(F)(F)F)cc4)[nH]n3c2cc1OC. The van der Waals surface area contributed by atoms with E-state index in [0.29, 0.717) is 34.4 Å². The van der Waals surface area contributed by atoms with Gasteiger partial charge in [0.2, 0.25) is 5.95 Å². The Morgan fingerprint density at radius 1 is 1.00 bits per heavy atom. The van der Waals surface area contributed by atoms with Crippen molar-refractivity contribution in [2.75, 3.05) is 19.5 Å². The molecule has 0 radical (unpaired) electrons. The first-order valence-corrected chi connectivity index (χ1v) is 7.83. The minimum atomic E-state index is -4.37. The predicted molar refractivity (Wildman–Crippen MR) is 92.7 cm³/mol. The van der Waals surface area contributed by atoms with Crippen LogP contribution in [0.3, 0.4) is 0 Å². The Morgan fingerprint density at radius 2 is 1.67 bits per heavy atom. The van der Waals surface area contributed by atoms with Gasteiger partial charge in [-0.15, -0.1) is 0 Å². The highest BCUT2D eigenvalue weighted by atomic mass is 19.4. The molecule has 2 aromatic heterocycles. The molecule has 0 aliphatic heterocycles. The molecule has 0 amide bonds. The summed E-state index contributed by atoms with van der Waals surface area (Å²) in [5.74, 6) is 1.83. The molecule has 10 heteroatoms. The third-order valence-corrected chi connectivity index (χ3v) is 4.05. The summed E-state index contributed by atoms with van der Waals surface area (Å²) in [7, 11) is 3.07. The van der Waals surface area contributed by atoms with Crippen LogP contribution in [0.2, 0.25) is 0 Å². The van der Waals surface area contributed by atoms with Gasteiger partial charge in [-0.25, -0.2) is 9.50 Å². The molecule has 27 heavy (non-hydrogen) atoms. The smallest absolute Gasteiger partial charge is 0.416 e. The fourth-order valence-electron chi connectivity index (χ4n) is 2.74. The minimum Gasteiger partial charge on any atom is -0.493 e. The normalized spacial score (nSPS) is 11.9. The summed E-state index contributed by atoms with van der Waals surface area (Å²) in [6.45, 7) is 0. The van der Waals surface area contributed by atoms with E-state index in [2.05, 4.69) is 20.4 Å². The number of H-pyrrole nitrogens is 1. The van der Waals surface area contributed by atoms with Crippen molar-refractivity contribution in [2.45, 2.75) is 6.18 Å². The van der Waals surface area contributed by atoms with Crippen molar-refractivity contribution in [1.82, 2.24) is 19.6 Å². The lowest BCUT2D eigenvalue weighted by molar-refractivity contribution is -0.137. The van der Waals surface area contributed by atoms with Crippen molar-refractivity contribution in [3.63, 3.8) is 0 Å². The second-order valence-corrected chi connectivity index (χ2v) is 5.72. The number of hydrogen-bond donors (Lipinski definition) is 2. The molecule has 140 valence electrons. The highest BCUT2D eigenvalue weighted by molar-refractivity contribution is 5.83. The molecule has 0 aliphatic rings. The Hall–Kier alpha value is -3.43. The first-order valence-electron chi connectivity index (χ1n) is 7.83. The van der Waals surface area contributed by atoms with Gasteiger partial charge in [0, 0.05) is 17.8 Å². The topological polar surface area (TPSA) is 76.5 Å². The van der Waals surface area contributed by atoms with Crippen LogP contribution < -0.4 is 14.8 Å². The number of anilines is 2. The number of methoxy groups -OCH3 is 2. The van der Waals surface area contributed by atoms with Crippen LogP contribution in [-0.2, 0) is 6.18 Å². The number of nitrogens with one attached hydrogen (secondary N) is 2. The molecule has 2 heterocycles. The van der Waals surface area contributed by atoms with Gasteiger partial charge in [-0.1, -0.05) is 0 Å². The van der Waals surface area contributed by atoms with Crippen LogP contribution in [0.25, 0.3) is 16.8 Å². The van der Waals surface area contributed by atoms with E-state index < -0.39 is 11.7 Å². The number of fused-ring (bicyclic) bond motifs is 3. The summed E-state index contributed by atoms with van der Waals surface area (Å²) < 4.78 is 50.1. The summed E-state index contributed by atoms with van der Waals surface area (Å²) in [6.07, 6.45) is -4.37. The van der Waals surface area contributed by atoms with Crippen molar-refractivity contribution in [3.05, 3.63) is 42.0 Å². The van der Waals surface area contributed by atoms with Gasteiger partial charge in [-0.05, 0) is 24.3 Å². The maximum absolute atomic E-state index is 12.6. The Morgan fingerprint density at radius 3 is 2.30 bits per heavy atom. The minimum absolute atomic E-state index is 0.342. The molecule has 7 nitrogen and oxygen atoms in total. The zero-order valence-electron chi connectivity index (χ0n) is 14.3. The number of ether oxygens (including phenoxy) is 2. The number of nitrogens with zero attached hydrogens (tertiary/aromatic N) is 3. The van der Waals surface area contributed by atoms with E-state index >= 15 is 0 Å². The van der Waals surface area contributed by atoms with Crippen molar-refractivity contribution in [2.24, 2.45) is 0 Å². The molecule has 0 saturated carbocycles. The molecule has 0 fully saturated rings. The summed E-state index contributed by atoms with van der Waals surface area (Å²) in [5.41, 5.74) is 1.13. The zero-order chi connectivity index (χ0) is 19.2. The largest absolute Gasteiger partial charge is 0.493 e. The van der Waals surface area contributed by atoms with Crippen molar-refractivity contribution in [3.8, 4) is 11.5 Å². The molecule has 2 N–H and O–H groups in total. The lowest BCUT2D eigenvalue weighted by Crippen LogP contribution is -2.04. The number of benzene rings is 2. The van der Waals surface area contributed by atoms with E-state index in [1.165, 1.54) is 26.4 Å². The number of halogens is 3. The van der Waals surface area contributed by atoms with Crippen molar-refractivity contribution >= 4 is 28.4 Å². The summed E-state index contributed by atoms with van der Waals surface area (Å²) >= 11 is 0. The van der Waals surface area contributed by atoms with Gasteiger partial charge in [-0.2, -0.15) is 18.2 Å². The molecule has 4 rings (SSSR count). The van der Waals surface area contributed by atoms with Crippen molar-refractivity contribution in [1.29, 1.82) is 0 Å². The second kappa shape index (κ2) is 6.08. The van der Waals surface area contributed by atoms with E-state index in [1.807, 2.05) is 0 Å². The summed E-state index contributed by atoms with van der Waals surface area (Å²) in [5, 5.41) is 5.94.